The molecule has 0 saturated heterocycles. The molecule has 0 saturated carbocycles. The molecule has 1 aromatic carbocycles. The van der Waals surface area contributed by atoms with Crippen LogP contribution in [0.3, 0.4) is 0 Å². The summed E-state index contributed by atoms with van der Waals surface area (Å²) in [5, 5.41) is 0. The molecule has 4 nitrogen and oxygen atoms in total. The standard InChI is InChI=1S/C21H45N.C6H6O3S/c1-21(2,3)19-17-15-13-11-9-7-5-4-6-8-10-12-14-16-18-20-22;7-10(8,9)6-4-2-1-3-5-6/h4-20,22H2,1-3H3;1-5H,(H,7,8,9). The van der Waals surface area contributed by atoms with E-state index in [0.29, 0.717) is 5.41 Å². The third kappa shape index (κ3) is 22.3. The molecule has 32 heavy (non-hydrogen) atoms. The van der Waals surface area contributed by atoms with Crippen molar-refractivity contribution in [1.82, 2.24) is 0 Å². The fraction of sp³-hybridized carbons (Fsp3) is 0.778. The van der Waals surface area contributed by atoms with E-state index >= 15 is 0 Å². The SMILES string of the molecule is CC(C)(C)CCCCCCCCCCCCCCCCCN.O=S(=O)(O)c1ccccc1. The Balaban J connectivity index is 0.000000792. The zero-order valence-corrected chi connectivity index (χ0v) is 22.0. The lowest BCUT2D eigenvalue weighted by molar-refractivity contribution is 0.356. The molecule has 0 radical (unpaired) electrons. The van der Waals surface area contributed by atoms with Crippen molar-refractivity contribution in [2.75, 3.05) is 6.54 Å². The second-order valence-corrected chi connectivity index (χ2v) is 11.6. The highest BCUT2D eigenvalue weighted by Gasteiger charge is 2.08. The topological polar surface area (TPSA) is 80.4 Å². The summed E-state index contributed by atoms with van der Waals surface area (Å²) in [5.74, 6) is 0. The third-order valence-corrected chi connectivity index (χ3v) is 6.54. The normalized spacial score (nSPS) is 11.8. The van der Waals surface area contributed by atoms with Crippen molar-refractivity contribution in [2.45, 2.75) is 128 Å². The Morgan fingerprint density at radius 2 is 1.00 bits per heavy atom. The summed E-state index contributed by atoms with van der Waals surface area (Å²) in [6.07, 6.45) is 22.8. The minimum atomic E-state index is -4.00. The fourth-order valence-corrected chi connectivity index (χ4v) is 4.19. The highest BCUT2D eigenvalue weighted by molar-refractivity contribution is 7.85. The quantitative estimate of drug-likeness (QED) is 0.178. The van der Waals surface area contributed by atoms with Crippen LogP contribution in [0.25, 0.3) is 0 Å². The second-order valence-electron chi connectivity index (χ2n) is 10.2. The van der Waals surface area contributed by atoms with E-state index in [0.717, 1.165) is 6.54 Å². The van der Waals surface area contributed by atoms with Crippen molar-refractivity contribution in [1.29, 1.82) is 0 Å². The molecule has 0 spiro atoms. The van der Waals surface area contributed by atoms with Gasteiger partial charge in [-0.05, 0) is 36.9 Å². The maximum atomic E-state index is 10.4. The van der Waals surface area contributed by atoms with Gasteiger partial charge in [-0.2, -0.15) is 8.42 Å². The van der Waals surface area contributed by atoms with Gasteiger partial charge < -0.3 is 5.73 Å². The van der Waals surface area contributed by atoms with Gasteiger partial charge in [0, 0.05) is 0 Å². The molecule has 1 rings (SSSR count). The van der Waals surface area contributed by atoms with Crippen molar-refractivity contribution in [2.24, 2.45) is 11.1 Å². The van der Waals surface area contributed by atoms with Crippen LogP contribution in [0.2, 0.25) is 0 Å². The summed E-state index contributed by atoms with van der Waals surface area (Å²) in [4.78, 5) is -0.0741. The summed E-state index contributed by atoms with van der Waals surface area (Å²) >= 11 is 0. The molecule has 0 atom stereocenters. The summed E-state index contributed by atoms with van der Waals surface area (Å²) in [7, 11) is -4.00. The van der Waals surface area contributed by atoms with Crippen LogP contribution in [0.15, 0.2) is 35.2 Å². The lowest BCUT2D eigenvalue weighted by Crippen LogP contribution is -2.03. The molecule has 3 N–H and O–H groups in total. The van der Waals surface area contributed by atoms with E-state index in [4.69, 9.17) is 10.3 Å². The van der Waals surface area contributed by atoms with E-state index in [1.807, 2.05) is 0 Å². The predicted molar refractivity (Wildman–Crippen MR) is 139 cm³/mol. The Bertz CT molecular complexity index is 624. The third-order valence-electron chi connectivity index (χ3n) is 5.67. The number of hydrogen-bond donors (Lipinski definition) is 2. The number of rotatable bonds is 17. The van der Waals surface area contributed by atoms with Crippen molar-refractivity contribution in [3.8, 4) is 0 Å². The van der Waals surface area contributed by atoms with Gasteiger partial charge in [-0.3, -0.25) is 4.55 Å². The van der Waals surface area contributed by atoms with Gasteiger partial charge in [0.15, 0.2) is 0 Å². The minimum absolute atomic E-state index is 0.0741. The van der Waals surface area contributed by atoms with E-state index in [-0.39, 0.29) is 4.90 Å². The van der Waals surface area contributed by atoms with Gasteiger partial charge in [0.05, 0.1) is 4.90 Å². The maximum Gasteiger partial charge on any atom is 0.294 e. The number of benzene rings is 1. The van der Waals surface area contributed by atoms with Crippen LogP contribution in [0, 0.1) is 5.41 Å². The highest BCUT2D eigenvalue weighted by Crippen LogP contribution is 2.22. The Kier molecular flexibility index (Phi) is 19.0. The zero-order chi connectivity index (χ0) is 24.1. The van der Waals surface area contributed by atoms with Gasteiger partial charge in [0.2, 0.25) is 0 Å². The van der Waals surface area contributed by atoms with Crippen LogP contribution in [0.5, 0.6) is 0 Å². The predicted octanol–water partition coefficient (Wildman–Crippen LogP) is 8.17. The van der Waals surface area contributed by atoms with Gasteiger partial charge in [-0.1, -0.05) is 129 Å². The Hall–Kier alpha value is -0.910. The van der Waals surface area contributed by atoms with Crippen LogP contribution >= 0.6 is 0 Å². The second kappa shape index (κ2) is 19.5. The molecule has 0 aliphatic rings. The van der Waals surface area contributed by atoms with Gasteiger partial charge in [-0.15, -0.1) is 0 Å². The summed E-state index contributed by atoms with van der Waals surface area (Å²) in [5.41, 5.74) is 6.03. The first-order valence-corrected chi connectivity index (χ1v) is 14.3. The molecular formula is C27H51NO3S. The minimum Gasteiger partial charge on any atom is -0.330 e. The molecule has 0 fully saturated rings. The average Bonchev–Trinajstić information content (AvgIpc) is 2.73. The molecule has 0 aliphatic carbocycles. The largest absolute Gasteiger partial charge is 0.330 e. The summed E-state index contributed by atoms with van der Waals surface area (Å²) in [6, 6.07) is 7.42. The van der Waals surface area contributed by atoms with Crippen LogP contribution in [0.4, 0.5) is 0 Å². The molecule has 0 aromatic heterocycles. The molecule has 0 aliphatic heterocycles. The van der Waals surface area contributed by atoms with Gasteiger partial charge in [0.25, 0.3) is 10.1 Å². The molecule has 188 valence electrons. The first-order chi connectivity index (χ1) is 15.2. The maximum absolute atomic E-state index is 10.4. The number of hydrogen-bond acceptors (Lipinski definition) is 3. The highest BCUT2D eigenvalue weighted by atomic mass is 32.2. The van der Waals surface area contributed by atoms with E-state index in [9.17, 15) is 8.42 Å². The van der Waals surface area contributed by atoms with Crippen LogP contribution in [0.1, 0.15) is 124 Å². The molecule has 0 unspecified atom stereocenters. The summed E-state index contributed by atoms with van der Waals surface area (Å²) < 4.78 is 29.2. The Morgan fingerprint density at radius 3 is 1.28 bits per heavy atom. The monoisotopic (exact) mass is 469 g/mol. The molecule has 0 amide bonds. The van der Waals surface area contributed by atoms with E-state index in [2.05, 4.69) is 20.8 Å². The van der Waals surface area contributed by atoms with Crippen LogP contribution in [-0.2, 0) is 10.1 Å². The molecule has 0 heterocycles. The summed E-state index contributed by atoms with van der Waals surface area (Å²) in [6.45, 7) is 7.93. The lowest BCUT2D eigenvalue weighted by atomic mass is 9.89. The molecular weight excluding hydrogens is 418 g/mol. The van der Waals surface area contributed by atoms with Gasteiger partial charge >= 0.3 is 0 Å². The molecule has 1 aromatic rings. The Labute approximate surface area is 199 Å². The number of unbranched alkanes of at least 4 members (excludes halogenated alkanes) is 14. The van der Waals surface area contributed by atoms with Crippen molar-refractivity contribution in [3.05, 3.63) is 30.3 Å². The first-order valence-electron chi connectivity index (χ1n) is 12.9. The van der Waals surface area contributed by atoms with Crippen molar-refractivity contribution >= 4 is 10.1 Å². The van der Waals surface area contributed by atoms with Crippen LogP contribution in [-0.4, -0.2) is 19.5 Å². The van der Waals surface area contributed by atoms with Crippen molar-refractivity contribution in [3.63, 3.8) is 0 Å². The first kappa shape index (κ1) is 31.1. The zero-order valence-electron chi connectivity index (χ0n) is 21.2. The fourth-order valence-electron chi connectivity index (χ4n) is 3.69. The van der Waals surface area contributed by atoms with Gasteiger partial charge in [-0.25, -0.2) is 0 Å². The Morgan fingerprint density at radius 1 is 0.656 bits per heavy atom. The smallest absolute Gasteiger partial charge is 0.294 e. The van der Waals surface area contributed by atoms with Crippen molar-refractivity contribution < 1.29 is 13.0 Å². The number of nitrogens with two attached hydrogens (primary N) is 1. The van der Waals surface area contributed by atoms with E-state index in [1.165, 1.54) is 115 Å². The van der Waals surface area contributed by atoms with E-state index < -0.39 is 10.1 Å². The average molecular weight is 470 g/mol. The molecule has 5 heteroatoms. The lowest BCUT2D eigenvalue weighted by Gasteiger charge is -2.17. The van der Waals surface area contributed by atoms with E-state index in [1.54, 1.807) is 18.2 Å². The van der Waals surface area contributed by atoms with Gasteiger partial charge in [0.1, 0.15) is 0 Å². The van der Waals surface area contributed by atoms with Crippen LogP contribution < -0.4 is 5.73 Å². The molecule has 0 bridgehead atoms.